The van der Waals surface area contributed by atoms with Gasteiger partial charge in [-0.15, -0.1) is 0 Å². The highest BCUT2D eigenvalue weighted by molar-refractivity contribution is 5.84. The second-order valence-electron chi connectivity index (χ2n) is 4.09. The average molecular weight is 231 g/mol. The van der Waals surface area contributed by atoms with E-state index < -0.39 is 18.1 Å². The van der Waals surface area contributed by atoms with Crippen LogP contribution in [0.3, 0.4) is 0 Å². The van der Waals surface area contributed by atoms with Gasteiger partial charge < -0.3 is 15.2 Å². The molecule has 2 N–H and O–H groups in total. The fourth-order valence-corrected chi connectivity index (χ4v) is 1.23. The van der Waals surface area contributed by atoms with Gasteiger partial charge in [-0.1, -0.05) is 13.8 Å². The highest BCUT2D eigenvalue weighted by Gasteiger charge is 2.25. The summed E-state index contributed by atoms with van der Waals surface area (Å²) in [7, 11) is 0. The number of hydrogen-bond acceptors (Lipinski definition) is 4. The van der Waals surface area contributed by atoms with Crippen LogP contribution in [-0.4, -0.2) is 35.7 Å². The van der Waals surface area contributed by atoms with E-state index in [1.54, 1.807) is 6.92 Å². The van der Waals surface area contributed by atoms with Crippen molar-refractivity contribution in [1.82, 2.24) is 5.32 Å². The third-order valence-corrected chi connectivity index (χ3v) is 2.00. The normalized spacial score (nSPS) is 14.4. The Kier molecular flexibility index (Phi) is 6.72. The second-order valence-corrected chi connectivity index (χ2v) is 4.09. The van der Waals surface area contributed by atoms with Crippen molar-refractivity contribution in [3.63, 3.8) is 0 Å². The number of esters is 1. The monoisotopic (exact) mass is 231 g/mol. The lowest BCUT2D eigenvalue weighted by Gasteiger charge is -2.20. The first-order valence-electron chi connectivity index (χ1n) is 5.52. The van der Waals surface area contributed by atoms with Crippen LogP contribution in [0.5, 0.6) is 0 Å². The number of aliphatic hydroxyl groups is 1. The zero-order chi connectivity index (χ0) is 12.7. The number of ether oxygens (including phenoxy) is 1. The minimum Gasteiger partial charge on any atom is -0.464 e. The van der Waals surface area contributed by atoms with Crippen LogP contribution < -0.4 is 5.32 Å². The highest BCUT2D eigenvalue weighted by Crippen LogP contribution is 2.05. The van der Waals surface area contributed by atoms with Gasteiger partial charge in [-0.3, -0.25) is 4.79 Å². The standard InChI is InChI=1S/C11H21NO4/c1-5-16-11(15)10(7(2)3)12-9(14)6-8(4)13/h7-8,10,13H,5-6H2,1-4H3,(H,12,14)/t8-,10+/m1/s1. The molecule has 0 saturated heterocycles. The van der Waals surface area contributed by atoms with Gasteiger partial charge in [0.25, 0.3) is 0 Å². The summed E-state index contributed by atoms with van der Waals surface area (Å²) in [5, 5.41) is 11.6. The fraction of sp³-hybridized carbons (Fsp3) is 0.818. The zero-order valence-corrected chi connectivity index (χ0v) is 10.3. The summed E-state index contributed by atoms with van der Waals surface area (Å²) in [5.41, 5.74) is 0. The molecule has 0 aliphatic carbocycles. The Hall–Kier alpha value is -1.10. The predicted octanol–water partition coefficient (Wildman–Crippen LogP) is 0.461. The lowest BCUT2D eigenvalue weighted by molar-refractivity contribution is -0.148. The number of aliphatic hydroxyl groups excluding tert-OH is 1. The van der Waals surface area contributed by atoms with Gasteiger partial charge in [0.15, 0.2) is 0 Å². The lowest BCUT2D eigenvalue weighted by Crippen LogP contribution is -2.45. The van der Waals surface area contributed by atoms with E-state index in [-0.39, 0.29) is 24.9 Å². The van der Waals surface area contributed by atoms with Crippen molar-refractivity contribution in [2.45, 2.75) is 46.3 Å². The molecule has 0 spiro atoms. The van der Waals surface area contributed by atoms with Gasteiger partial charge in [0.05, 0.1) is 19.1 Å². The van der Waals surface area contributed by atoms with Crippen LogP contribution in [0.4, 0.5) is 0 Å². The number of carbonyl (C=O) groups excluding carboxylic acids is 2. The molecule has 0 heterocycles. The molecule has 0 aromatic heterocycles. The third kappa shape index (κ3) is 5.70. The molecule has 0 aliphatic heterocycles. The molecule has 5 nitrogen and oxygen atoms in total. The summed E-state index contributed by atoms with van der Waals surface area (Å²) < 4.78 is 4.86. The fourth-order valence-electron chi connectivity index (χ4n) is 1.23. The molecule has 0 unspecified atom stereocenters. The summed E-state index contributed by atoms with van der Waals surface area (Å²) in [5.74, 6) is -0.824. The Morgan fingerprint density at radius 3 is 2.25 bits per heavy atom. The summed E-state index contributed by atoms with van der Waals surface area (Å²) >= 11 is 0. The maximum Gasteiger partial charge on any atom is 0.328 e. The summed E-state index contributed by atoms with van der Waals surface area (Å²) in [6.07, 6.45) is -0.724. The molecule has 0 rings (SSSR count). The minimum atomic E-state index is -0.713. The number of rotatable bonds is 6. The van der Waals surface area contributed by atoms with Crippen LogP contribution in [0.15, 0.2) is 0 Å². The molecule has 0 aromatic carbocycles. The van der Waals surface area contributed by atoms with Crippen LogP contribution in [0, 0.1) is 5.92 Å². The first-order valence-corrected chi connectivity index (χ1v) is 5.52. The topological polar surface area (TPSA) is 75.6 Å². The van der Waals surface area contributed by atoms with E-state index in [4.69, 9.17) is 9.84 Å². The molecular formula is C11H21NO4. The van der Waals surface area contributed by atoms with Gasteiger partial charge in [0, 0.05) is 0 Å². The quantitative estimate of drug-likeness (QED) is 0.651. The maximum absolute atomic E-state index is 11.5. The highest BCUT2D eigenvalue weighted by atomic mass is 16.5. The molecule has 1 amide bonds. The molecule has 16 heavy (non-hydrogen) atoms. The number of hydrogen-bond donors (Lipinski definition) is 2. The molecule has 5 heteroatoms. The Labute approximate surface area is 96.2 Å². The molecule has 2 atom stereocenters. The van der Waals surface area contributed by atoms with E-state index >= 15 is 0 Å². The molecule has 0 fully saturated rings. The Balaban J connectivity index is 4.34. The van der Waals surface area contributed by atoms with Gasteiger partial charge in [0.2, 0.25) is 5.91 Å². The molecule has 0 aromatic rings. The predicted molar refractivity (Wildman–Crippen MR) is 59.7 cm³/mol. The van der Waals surface area contributed by atoms with Gasteiger partial charge in [-0.25, -0.2) is 4.79 Å². The van der Waals surface area contributed by atoms with Crippen LogP contribution in [0.1, 0.15) is 34.1 Å². The third-order valence-electron chi connectivity index (χ3n) is 2.00. The van der Waals surface area contributed by atoms with E-state index in [9.17, 15) is 9.59 Å². The number of carbonyl (C=O) groups is 2. The van der Waals surface area contributed by atoms with Gasteiger partial charge >= 0.3 is 5.97 Å². The molecule has 94 valence electrons. The first-order chi connectivity index (χ1) is 7.38. The van der Waals surface area contributed by atoms with Crippen LogP contribution in [0.25, 0.3) is 0 Å². The van der Waals surface area contributed by atoms with Crippen molar-refractivity contribution in [3.05, 3.63) is 0 Å². The van der Waals surface area contributed by atoms with Gasteiger partial charge in [-0.05, 0) is 19.8 Å². The number of amides is 1. The Bertz CT molecular complexity index is 238. The van der Waals surface area contributed by atoms with Crippen LogP contribution in [0.2, 0.25) is 0 Å². The van der Waals surface area contributed by atoms with Crippen LogP contribution >= 0.6 is 0 Å². The molecule has 0 aliphatic rings. The molecule has 0 bridgehead atoms. The van der Waals surface area contributed by atoms with Crippen molar-refractivity contribution in [1.29, 1.82) is 0 Å². The van der Waals surface area contributed by atoms with E-state index in [0.717, 1.165) is 0 Å². The van der Waals surface area contributed by atoms with Crippen LogP contribution in [-0.2, 0) is 14.3 Å². The van der Waals surface area contributed by atoms with E-state index in [2.05, 4.69) is 5.32 Å². The van der Waals surface area contributed by atoms with Crippen molar-refractivity contribution in [2.75, 3.05) is 6.61 Å². The zero-order valence-electron chi connectivity index (χ0n) is 10.3. The van der Waals surface area contributed by atoms with E-state index in [0.29, 0.717) is 0 Å². The van der Waals surface area contributed by atoms with Gasteiger partial charge in [-0.2, -0.15) is 0 Å². The maximum atomic E-state index is 11.5. The number of nitrogens with one attached hydrogen (secondary N) is 1. The van der Waals surface area contributed by atoms with Crippen molar-refractivity contribution < 1.29 is 19.4 Å². The molecule has 0 radical (unpaired) electrons. The van der Waals surface area contributed by atoms with Gasteiger partial charge in [0.1, 0.15) is 6.04 Å². The Morgan fingerprint density at radius 1 is 1.31 bits per heavy atom. The minimum absolute atomic E-state index is 0.0113. The molecule has 0 saturated carbocycles. The Morgan fingerprint density at radius 2 is 1.88 bits per heavy atom. The lowest BCUT2D eigenvalue weighted by atomic mass is 10.0. The summed E-state index contributed by atoms with van der Waals surface area (Å²) in [6, 6.07) is -0.647. The van der Waals surface area contributed by atoms with E-state index in [1.165, 1.54) is 6.92 Å². The van der Waals surface area contributed by atoms with Crippen molar-refractivity contribution >= 4 is 11.9 Å². The average Bonchev–Trinajstić information content (AvgIpc) is 2.12. The summed E-state index contributed by atoms with van der Waals surface area (Å²) in [6.45, 7) is 7.17. The summed E-state index contributed by atoms with van der Waals surface area (Å²) in [4.78, 5) is 22.9. The van der Waals surface area contributed by atoms with Crippen molar-refractivity contribution in [3.8, 4) is 0 Å². The smallest absolute Gasteiger partial charge is 0.328 e. The van der Waals surface area contributed by atoms with E-state index in [1.807, 2.05) is 13.8 Å². The first kappa shape index (κ1) is 14.9. The largest absolute Gasteiger partial charge is 0.464 e. The molecular weight excluding hydrogens is 210 g/mol. The van der Waals surface area contributed by atoms with Crippen molar-refractivity contribution in [2.24, 2.45) is 5.92 Å². The second kappa shape index (κ2) is 7.22. The SMILES string of the molecule is CCOC(=O)[C@@H](NC(=O)C[C@@H](C)O)C(C)C.